The van der Waals surface area contributed by atoms with Gasteiger partial charge in [-0.05, 0) is 46.2 Å². The van der Waals surface area contributed by atoms with Gasteiger partial charge in [0.15, 0.2) is 0 Å². The van der Waals surface area contributed by atoms with Crippen LogP contribution in [0.3, 0.4) is 0 Å². The van der Waals surface area contributed by atoms with Gasteiger partial charge < -0.3 is 4.74 Å². The molecule has 1 fully saturated rings. The molecule has 1 saturated heterocycles. The average molecular weight is 360 g/mol. The third-order valence-electron chi connectivity index (χ3n) is 5.02. The number of nitrogens with zero attached hydrogens (tertiary/aromatic N) is 2. The first-order valence-corrected chi connectivity index (χ1v) is 9.46. The molecule has 0 saturated carbocycles. The van der Waals surface area contributed by atoms with E-state index in [9.17, 15) is 9.59 Å². The Morgan fingerprint density at radius 3 is 2.38 bits per heavy atom. The third kappa shape index (κ3) is 4.85. The van der Waals surface area contributed by atoms with E-state index < -0.39 is 6.09 Å². The van der Waals surface area contributed by atoms with Crippen LogP contribution in [0.2, 0.25) is 0 Å². The lowest BCUT2D eigenvalue weighted by Gasteiger charge is -2.46. The second-order valence-electron chi connectivity index (χ2n) is 8.28. The lowest BCUT2D eigenvalue weighted by Crippen LogP contribution is -2.57. The van der Waals surface area contributed by atoms with Crippen LogP contribution >= 0.6 is 0 Å². The Morgan fingerprint density at radius 2 is 1.77 bits per heavy atom. The van der Waals surface area contributed by atoms with E-state index in [0.717, 1.165) is 18.5 Å². The number of imide groups is 1. The summed E-state index contributed by atoms with van der Waals surface area (Å²) >= 11 is 0. The van der Waals surface area contributed by atoms with Crippen LogP contribution in [0, 0.1) is 0 Å². The monoisotopic (exact) mass is 360 g/mol. The van der Waals surface area contributed by atoms with Gasteiger partial charge in [-0.1, -0.05) is 37.3 Å². The van der Waals surface area contributed by atoms with E-state index in [1.54, 1.807) is 0 Å². The molecule has 5 heteroatoms. The Bertz CT molecular complexity index is 625. The molecule has 0 bridgehead atoms. The highest BCUT2D eigenvalue weighted by Crippen LogP contribution is 2.33. The molecule has 0 unspecified atom stereocenters. The van der Waals surface area contributed by atoms with Crippen molar-refractivity contribution in [3.63, 3.8) is 0 Å². The number of hydrogen-bond donors (Lipinski definition) is 0. The topological polar surface area (TPSA) is 49.9 Å². The van der Waals surface area contributed by atoms with Crippen LogP contribution in [-0.2, 0) is 16.0 Å². The largest absolute Gasteiger partial charge is 0.449 e. The molecule has 26 heavy (non-hydrogen) atoms. The summed E-state index contributed by atoms with van der Waals surface area (Å²) in [6, 6.07) is 9.88. The molecule has 144 valence electrons. The first kappa shape index (κ1) is 20.4. The van der Waals surface area contributed by atoms with Crippen LogP contribution in [0.4, 0.5) is 4.79 Å². The summed E-state index contributed by atoms with van der Waals surface area (Å²) in [6.07, 6.45) is 1.42. The molecule has 5 nitrogen and oxygen atoms in total. The number of carbonyl (C=O) groups is 2. The van der Waals surface area contributed by atoms with Crippen LogP contribution in [0.25, 0.3) is 0 Å². The van der Waals surface area contributed by atoms with E-state index in [0.29, 0.717) is 19.4 Å². The molecule has 0 N–H and O–H groups in total. The number of rotatable bonds is 5. The Hall–Kier alpha value is -1.88. The molecule has 0 spiro atoms. The fraction of sp³-hybridized carbons (Fsp3) is 0.619. The van der Waals surface area contributed by atoms with Crippen molar-refractivity contribution in [2.75, 3.05) is 19.7 Å². The van der Waals surface area contributed by atoms with Crippen molar-refractivity contribution in [2.24, 2.45) is 0 Å². The Kier molecular flexibility index (Phi) is 6.45. The molecule has 1 aliphatic rings. The summed E-state index contributed by atoms with van der Waals surface area (Å²) in [6.45, 7) is 12.0. The molecule has 2 amide bonds. The van der Waals surface area contributed by atoms with Crippen LogP contribution in [-0.4, -0.2) is 52.6 Å². The minimum atomic E-state index is -0.534. The zero-order valence-corrected chi connectivity index (χ0v) is 16.7. The van der Waals surface area contributed by atoms with Crippen molar-refractivity contribution in [1.82, 2.24) is 9.80 Å². The molecule has 0 atom stereocenters. The summed E-state index contributed by atoms with van der Waals surface area (Å²) < 4.78 is 5.42. The maximum atomic E-state index is 12.7. The van der Waals surface area contributed by atoms with Gasteiger partial charge >= 0.3 is 6.09 Å². The Labute approximate surface area is 157 Å². The molecule has 2 rings (SSSR count). The summed E-state index contributed by atoms with van der Waals surface area (Å²) in [7, 11) is 0. The third-order valence-corrected chi connectivity index (χ3v) is 5.02. The fourth-order valence-corrected chi connectivity index (χ4v) is 3.91. The fourth-order valence-electron chi connectivity index (χ4n) is 3.91. The average Bonchev–Trinajstić information content (AvgIpc) is 2.63. The minimum Gasteiger partial charge on any atom is -0.449 e. The van der Waals surface area contributed by atoms with Crippen LogP contribution < -0.4 is 0 Å². The lowest BCUT2D eigenvalue weighted by atomic mass is 9.91. The quantitative estimate of drug-likeness (QED) is 0.800. The molecule has 0 radical (unpaired) electrons. The van der Waals surface area contributed by atoms with Gasteiger partial charge in [-0.25, -0.2) is 9.69 Å². The first-order chi connectivity index (χ1) is 12.2. The number of ether oxygens (including phenoxy) is 1. The van der Waals surface area contributed by atoms with Crippen molar-refractivity contribution in [3.8, 4) is 0 Å². The van der Waals surface area contributed by atoms with E-state index in [1.807, 2.05) is 30.3 Å². The standard InChI is InChI=1S/C21H32N2O3/c1-6-13-23-20(2,3)15-18(24)22(16-21(23,4)5)19(25)26-14-12-17-10-8-7-9-11-17/h7-11H,6,12-16H2,1-5H3. The summed E-state index contributed by atoms with van der Waals surface area (Å²) in [4.78, 5) is 29.0. The van der Waals surface area contributed by atoms with Gasteiger partial charge in [-0.3, -0.25) is 9.69 Å². The van der Waals surface area contributed by atoms with Gasteiger partial charge in [-0.15, -0.1) is 0 Å². The summed E-state index contributed by atoms with van der Waals surface area (Å²) in [5.41, 5.74) is 0.512. The van der Waals surface area contributed by atoms with Crippen LogP contribution in [0.15, 0.2) is 30.3 Å². The van der Waals surface area contributed by atoms with E-state index in [2.05, 4.69) is 39.5 Å². The van der Waals surface area contributed by atoms with Crippen molar-refractivity contribution in [1.29, 1.82) is 0 Å². The molecule has 1 aromatic carbocycles. The van der Waals surface area contributed by atoms with Crippen LogP contribution in [0.1, 0.15) is 53.0 Å². The van der Waals surface area contributed by atoms with Gasteiger partial charge in [0, 0.05) is 30.5 Å². The summed E-state index contributed by atoms with van der Waals surface area (Å²) in [5, 5.41) is 0. The second-order valence-corrected chi connectivity index (χ2v) is 8.28. The normalized spacial score (nSPS) is 19.9. The highest BCUT2D eigenvalue weighted by atomic mass is 16.6. The number of benzene rings is 1. The maximum Gasteiger partial charge on any atom is 0.416 e. The number of hydrogen-bond acceptors (Lipinski definition) is 4. The van der Waals surface area contributed by atoms with Gasteiger partial charge in [-0.2, -0.15) is 0 Å². The molecule has 1 aliphatic heterocycles. The smallest absolute Gasteiger partial charge is 0.416 e. The first-order valence-electron chi connectivity index (χ1n) is 9.46. The second kappa shape index (κ2) is 8.21. The highest BCUT2D eigenvalue weighted by Gasteiger charge is 2.46. The summed E-state index contributed by atoms with van der Waals surface area (Å²) in [5.74, 6) is -0.161. The van der Waals surface area contributed by atoms with Gasteiger partial charge in [0.05, 0.1) is 6.61 Å². The SMILES string of the molecule is CCCN1C(C)(C)CC(=O)N(C(=O)OCCc2ccccc2)CC1(C)C. The van der Waals surface area contributed by atoms with Crippen molar-refractivity contribution in [2.45, 2.75) is 65.0 Å². The Balaban J connectivity index is 2.05. The van der Waals surface area contributed by atoms with Crippen molar-refractivity contribution >= 4 is 12.0 Å². The predicted octanol–water partition coefficient (Wildman–Crippen LogP) is 3.87. The highest BCUT2D eigenvalue weighted by molar-refractivity contribution is 5.92. The van der Waals surface area contributed by atoms with E-state index >= 15 is 0 Å². The molecule has 1 aromatic rings. The Morgan fingerprint density at radius 1 is 1.12 bits per heavy atom. The van der Waals surface area contributed by atoms with E-state index in [1.165, 1.54) is 4.90 Å². The van der Waals surface area contributed by atoms with Crippen molar-refractivity contribution in [3.05, 3.63) is 35.9 Å². The molecule has 0 aliphatic carbocycles. The predicted molar refractivity (Wildman–Crippen MR) is 103 cm³/mol. The van der Waals surface area contributed by atoms with E-state index in [4.69, 9.17) is 4.74 Å². The maximum absolute atomic E-state index is 12.7. The zero-order valence-electron chi connectivity index (χ0n) is 16.7. The molecular formula is C21H32N2O3. The van der Waals surface area contributed by atoms with Crippen molar-refractivity contribution < 1.29 is 14.3 Å². The zero-order chi connectivity index (χ0) is 19.4. The number of carbonyl (C=O) groups excluding carboxylic acids is 2. The minimum absolute atomic E-state index is 0.161. The molecule has 1 heterocycles. The van der Waals surface area contributed by atoms with Gasteiger partial charge in [0.2, 0.25) is 5.91 Å². The molecular weight excluding hydrogens is 328 g/mol. The van der Waals surface area contributed by atoms with Gasteiger partial charge in [0.25, 0.3) is 0 Å². The molecule has 0 aromatic heterocycles. The van der Waals surface area contributed by atoms with E-state index in [-0.39, 0.29) is 23.6 Å². The van der Waals surface area contributed by atoms with Crippen LogP contribution in [0.5, 0.6) is 0 Å². The van der Waals surface area contributed by atoms with Gasteiger partial charge in [0.1, 0.15) is 0 Å². The number of amides is 2. The lowest BCUT2D eigenvalue weighted by molar-refractivity contribution is -0.130.